The van der Waals surface area contributed by atoms with Crippen LogP contribution in [0.25, 0.3) is 0 Å². The van der Waals surface area contributed by atoms with Gasteiger partial charge < -0.3 is 5.32 Å². The second-order valence-electron chi connectivity index (χ2n) is 5.42. The van der Waals surface area contributed by atoms with Crippen LogP contribution in [0.1, 0.15) is 27.7 Å². The number of nitrogens with one attached hydrogen (secondary N) is 1. The molecule has 0 bridgehead atoms. The summed E-state index contributed by atoms with van der Waals surface area (Å²) in [6.07, 6.45) is 7.04. The summed E-state index contributed by atoms with van der Waals surface area (Å²) in [4.78, 5) is 3.78. The Morgan fingerprint density at radius 3 is 2.56 bits per heavy atom. The van der Waals surface area contributed by atoms with Crippen molar-refractivity contribution in [1.29, 1.82) is 10.5 Å². The van der Waals surface area contributed by atoms with E-state index in [1.165, 1.54) is 0 Å². The van der Waals surface area contributed by atoms with Crippen LogP contribution < -0.4 is 5.32 Å². The first-order chi connectivity index (χ1) is 8.40. The molecular formula is C14H18N4. The highest BCUT2D eigenvalue weighted by molar-refractivity contribution is 6.04. The average Bonchev–Trinajstić information content (AvgIpc) is 2.30. The molecule has 1 aliphatic carbocycles. The molecule has 1 aliphatic rings. The van der Waals surface area contributed by atoms with Crippen molar-refractivity contribution < 1.29 is 0 Å². The van der Waals surface area contributed by atoms with Crippen molar-refractivity contribution in [3.63, 3.8) is 0 Å². The van der Waals surface area contributed by atoms with Crippen LogP contribution in [-0.2, 0) is 0 Å². The van der Waals surface area contributed by atoms with E-state index >= 15 is 0 Å². The molecule has 0 aromatic rings. The molecule has 4 nitrogen and oxygen atoms in total. The second-order valence-corrected chi connectivity index (χ2v) is 5.42. The van der Waals surface area contributed by atoms with Crippen molar-refractivity contribution in [3.8, 4) is 12.3 Å². The Morgan fingerprint density at radius 1 is 1.39 bits per heavy atom. The van der Waals surface area contributed by atoms with Gasteiger partial charge in [0.2, 0.25) is 6.19 Å². The maximum Gasteiger partial charge on any atom is 0.205 e. The zero-order valence-electron chi connectivity index (χ0n) is 11.2. The van der Waals surface area contributed by atoms with Gasteiger partial charge in [0.25, 0.3) is 0 Å². The van der Waals surface area contributed by atoms with Crippen molar-refractivity contribution in [3.05, 3.63) is 23.8 Å². The minimum Gasteiger partial charge on any atom is -0.301 e. The van der Waals surface area contributed by atoms with Crippen molar-refractivity contribution in [1.82, 2.24) is 5.32 Å². The number of nitriles is 2. The number of allylic oxidation sites excluding steroid dienone is 2. The SMILES string of the molecule is CC(NC1C(C#N)=CC=CC1=NC#N)C(C)(C)C. The second kappa shape index (κ2) is 5.62. The Morgan fingerprint density at radius 2 is 2.06 bits per heavy atom. The molecule has 2 atom stereocenters. The molecule has 0 aromatic carbocycles. The third-order valence-corrected chi connectivity index (χ3v) is 3.17. The monoisotopic (exact) mass is 242 g/mol. The van der Waals surface area contributed by atoms with Gasteiger partial charge in [0.1, 0.15) is 0 Å². The average molecular weight is 242 g/mol. The van der Waals surface area contributed by atoms with E-state index in [0.29, 0.717) is 11.3 Å². The molecule has 0 spiro atoms. The normalized spacial score (nSPS) is 23.1. The largest absolute Gasteiger partial charge is 0.301 e. The number of nitrogens with zero attached hydrogens (tertiary/aromatic N) is 3. The summed E-state index contributed by atoms with van der Waals surface area (Å²) in [6.45, 7) is 8.44. The van der Waals surface area contributed by atoms with Crippen LogP contribution >= 0.6 is 0 Å². The standard InChI is InChI=1S/C14H18N4/c1-10(14(2,3)4)18-13-11(8-15)6-5-7-12(13)17-9-16/h5-7,10,13,18H,1-4H3. The molecule has 1 rings (SSSR count). The lowest BCUT2D eigenvalue weighted by molar-refractivity contribution is 0.285. The van der Waals surface area contributed by atoms with E-state index in [-0.39, 0.29) is 17.5 Å². The summed E-state index contributed by atoms with van der Waals surface area (Å²) in [5, 5.41) is 21.2. The third kappa shape index (κ3) is 3.29. The van der Waals surface area contributed by atoms with Crippen LogP contribution in [0.3, 0.4) is 0 Å². The van der Waals surface area contributed by atoms with Crippen LogP contribution in [0.4, 0.5) is 0 Å². The molecular weight excluding hydrogens is 224 g/mol. The number of hydrogen-bond donors (Lipinski definition) is 1. The van der Waals surface area contributed by atoms with Gasteiger partial charge in [0, 0.05) is 6.04 Å². The van der Waals surface area contributed by atoms with E-state index in [0.717, 1.165) is 0 Å². The van der Waals surface area contributed by atoms with E-state index in [9.17, 15) is 0 Å². The summed E-state index contributed by atoms with van der Waals surface area (Å²) in [5.41, 5.74) is 1.25. The highest BCUT2D eigenvalue weighted by Gasteiger charge is 2.28. The Hall–Kier alpha value is -1.91. The Bertz CT molecular complexity index is 477. The molecule has 1 N–H and O–H groups in total. The molecule has 0 saturated carbocycles. The molecule has 0 heterocycles. The van der Waals surface area contributed by atoms with Gasteiger partial charge in [-0.15, -0.1) is 0 Å². The van der Waals surface area contributed by atoms with Crippen LogP contribution in [0.2, 0.25) is 0 Å². The summed E-state index contributed by atoms with van der Waals surface area (Å²) in [5.74, 6) is 0. The Kier molecular flexibility index (Phi) is 4.42. The van der Waals surface area contributed by atoms with Crippen LogP contribution in [-0.4, -0.2) is 17.8 Å². The number of aliphatic imine (C=N–C) groups is 1. The summed E-state index contributed by atoms with van der Waals surface area (Å²) >= 11 is 0. The highest BCUT2D eigenvalue weighted by atomic mass is 15.0. The first kappa shape index (κ1) is 14.2. The molecule has 0 fully saturated rings. The molecule has 0 aliphatic heterocycles. The molecule has 0 saturated heterocycles. The molecule has 2 unspecified atom stereocenters. The number of hydrogen-bond acceptors (Lipinski definition) is 4. The minimum atomic E-state index is -0.297. The lowest BCUT2D eigenvalue weighted by atomic mass is 9.86. The number of rotatable bonds is 2. The van der Waals surface area contributed by atoms with Gasteiger partial charge in [0.15, 0.2) is 0 Å². The van der Waals surface area contributed by atoms with Gasteiger partial charge in [-0.05, 0) is 24.5 Å². The summed E-state index contributed by atoms with van der Waals surface area (Å²) in [6, 6.07) is 2.05. The smallest absolute Gasteiger partial charge is 0.205 e. The van der Waals surface area contributed by atoms with Crippen molar-refractivity contribution >= 4 is 5.71 Å². The predicted octanol–water partition coefficient (Wildman–Crippen LogP) is 2.32. The lowest BCUT2D eigenvalue weighted by Gasteiger charge is -2.32. The fourth-order valence-electron chi connectivity index (χ4n) is 1.54. The molecule has 0 amide bonds. The van der Waals surface area contributed by atoms with Gasteiger partial charge in [-0.1, -0.05) is 26.8 Å². The summed E-state index contributed by atoms with van der Waals surface area (Å²) in [7, 11) is 0. The molecule has 0 radical (unpaired) electrons. The topological polar surface area (TPSA) is 72.0 Å². The Balaban J connectivity index is 2.99. The zero-order valence-corrected chi connectivity index (χ0v) is 11.2. The van der Waals surface area contributed by atoms with Gasteiger partial charge >= 0.3 is 0 Å². The van der Waals surface area contributed by atoms with Gasteiger partial charge in [-0.25, -0.2) is 0 Å². The van der Waals surface area contributed by atoms with Crippen molar-refractivity contribution in [2.45, 2.75) is 39.8 Å². The van der Waals surface area contributed by atoms with Crippen LogP contribution in [0.15, 0.2) is 28.8 Å². The van der Waals surface area contributed by atoms with E-state index in [1.54, 1.807) is 24.4 Å². The van der Waals surface area contributed by atoms with Crippen LogP contribution in [0.5, 0.6) is 0 Å². The van der Waals surface area contributed by atoms with Crippen molar-refractivity contribution in [2.24, 2.45) is 10.4 Å². The van der Waals surface area contributed by atoms with E-state index in [4.69, 9.17) is 10.5 Å². The Labute approximate surface area is 108 Å². The quantitative estimate of drug-likeness (QED) is 0.755. The predicted molar refractivity (Wildman–Crippen MR) is 71.7 cm³/mol. The maximum absolute atomic E-state index is 9.13. The van der Waals surface area contributed by atoms with Gasteiger partial charge in [0.05, 0.1) is 23.4 Å². The minimum absolute atomic E-state index is 0.0689. The summed E-state index contributed by atoms with van der Waals surface area (Å²) < 4.78 is 0. The van der Waals surface area contributed by atoms with E-state index in [1.807, 2.05) is 0 Å². The van der Waals surface area contributed by atoms with Crippen LogP contribution in [0, 0.1) is 28.2 Å². The fraction of sp³-hybridized carbons (Fsp3) is 0.500. The third-order valence-electron chi connectivity index (χ3n) is 3.17. The molecule has 0 aromatic heterocycles. The lowest BCUT2D eigenvalue weighted by Crippen LogP contribution is -2.48. The van der Waals surface area contributed by atoms with Gasteiger partial charge in [-0.3, -0.25) is 0 Å². The molecule has 94 valence electrons. The first-order valence-electron chi connectivity index (χ1n) is 5.91. The van der Waals surface area contributed by atoms with Gasteiger partial charge in [-0.2, -0.15) is 15.5 Å². The fourth-order valence-corrected chi connectivity index (χ4v) is 1.54. The molecule has 4 heteroatoms. The molecule has 18 heavy (non-hydrogen) atoms. The van der Waals surface area contributed by atoms with E-state index in [2.05, 4.69) is 44.1 Å². The zero-order chi connectivity index (χ0) is 13.8. The highest BCUT2D eigenvalue weighted by Crippen LogP contribution is 2.21. The first-order valence-corrected chi connectivity index (χ1v) is 5.91. The van der Waals surface area contributed by atoms with E-state index < -0.39 is 0 Å². The maximum atomic E-state index is 9.13. The van der Waals surface area contributed by atoms with Crippen molar-refractivity contribution in [2.75, 3.05) is 0 Å².